The van der Waals surface area contributed by atoms with Crippen LogP contribution in [0.5, 0.6) is 0 Å². The van der Waals surface area contributed by atoms with Crippen molar-refractivity contribution in [3.63, 3.8) is 0 Å². The van der Waals surface area contributed by atoms with Crippen molar-refractivity contribution in [2.75, 3.05) is 5.32 Å². The summed E-state index contributed by atoms with van der Waals surface area (Å²) in [4.78, 5) is 0. The van der Waals surface area contributed by atoms with Gasteiger partial charge < -0.3 is 5.32 Å². The van der Waals surface area contributed by atoms with Crippen molar-refractivity contribution < 1.29 is 0 Å². The average Bonchev–Trinajstić information content (AvgIpc) is 2.06. The van der Waals surface area contributed by atoms with Gasteiger partial charge in [0.05, 0.1) is 0 Å². The fourth-order valence-electron chi connectivity index (χ4n) is 1.72. The maximum absolute atomic E-state index is 3.48. The van der Waals surface area contributed by atoms with Gasteiger partial charge in [-0.1, -0.05) is 22.0 Å². The summed E-state index contributed by atoms with van der Waals surface area (Å²) in [5.74, 6) is 0. The second-order valence-corrected chi connectivity index (χ2v) is 4.39. The summed E-state index contributed by atoms with van der Waals surface area (Å²) in [6.45, 7) is 4.32. The van der Waals surface area contributed by atoms with Gasteiger partial charge in [-0.15, -0.1) is 0 Å². The number of fused-ring (bicyclic) bond motifs is 1. The minimum absolute atomic E-state index is 0.439. The van der Waals surface area contributed by atoms with Crippen molar-refractivity contribution >= 4 is 27.2 Å². The molecule has 1 heterocycles. The van der Waals surface area contributed by atoms with Crippen LogP contribution in [0.2, 0.25) is 0 Å². The number of anilines is 1. The largest absolute Gasteiger partial charge is 0.379 e. The maximum atomic E-state index is 3.48. The lowest BCUT2D eigenvalue weighted by atomic mass is 9.99. The number of rotatable bonds is 0. The predicted molar refractivity (Wildman–Crippen MR) is 60.9 cm³/mol. The molecule has 2 heteroatoms. The topological polar surface area (TPSA) is 12.0 Å². The molecule has 1 aliphatic rings. The number of halogens is 1. The van der Waals surface area contributed by atoms with Gasteiger partial charge in [-0.2, -0.15) is 0 Å². The van der Waals surface area contributed by atoms with E-state index in [9.17, 15) is 0 Å². The molecule has 0 spiro atoms. The molecular weight excluding hydrogens is 226 g/mol. The Labute approximate surface area is 87.0 Å². The molecule has 1 aromatic rings. The van der Waals surface area contributed by atoms with Crippen LogP contribution in [0.1, 0.15) is 19.4 Å². The lowest BCUT2D eigenvalue weighted by Crippen LogP contribution is -2.17. The maximum Gasteiger partial charge on any atom is 0.0422 e. The Balaban J connectivity index is 2.54. The molecule has 1 nitrogen and oxygen atoms in total. The summed E-state index contributed by atoms with van der Waals surface area (Å²) in [7, 11) is 0. The minimum Gasteiger partial charge on any atom is -0.379 e. The summed E-state index contributed by atoms with van der Waals surface area (Å²) >= 11 is 3.48. The Morgan fingerprint density at radius 1 is 1.38 bits per heavy atom. The molecule has 2 rings (SSSR count). The summed E-state index contributed by atoms with van der Waals surface area (Å²) < 4.78 is 1.13. The van der Waals surface area contributed by atoms with E-state index in [1.807, 2.05) is 0 Å². The van der Waals surface area contributed by atoms with Crippen molar-refractivity contribution in [3.05, 3.63) is 34.3 Å². The molecule has 0 saturated heterocycles. The number of allylic oxidation sites excluding steroid dienone is 1. The first-order valence-corrected chi connectivity index (χ1v) is 5.21. The lowest BCUT2D eigenvalue weighted by Gasteiger charge is -2.22. The van der Waals surface area contributed by atoms with Crippen LogP contribution in [0.15, 0.2) is 28.7 Å². The Morgan fingerprint density at radius 2 is 2.15 bits per heavy atom. The first-order chi connectivity index (χ1) is 6.16. The second-order valence-electron chi connectivity index (χ2n) is 3.47. The number of nitrogens with one attached hydrogen (secondary N) is 1. The highest BCUT2D eigenvalue weighted by molar-refractivity contribution is 9.10. The SMILES string of the molecule is CC1=CC(C)Nc2ccc(Br)cc21. The molecular formula is C11H12BrN. The molecule has 0 bridgehead atoms. The zero-order valence-corrected chi connectivity index (χ0v) is 9.35. The van der Waals surface area contributed by atoms with Crippen molar-refractivity contribution in [1.29, 1.82) is 0 Å². The van der Waals surface area contributed by atoms with E-state index in [2.05, 4.69) is 59.4 Å². The number of benzene rings is 1. The fourth-order valence-corrected chi connectivity index (χ4v) is 2.08. The van der Waals surface area contributed by atoms with Crippen molar-refractivity contribution in [2.24, 2.45) is 0 Å². The highest BCUT2D eigenvalue weighted by Crippen LogP contribution is 2.31. The number of hydrogen-bond donors (Lipinski definition) is 1. The monoisotopic (exact) mass is 237 g/mol. The van der Waals surface area contributed by atoms with Gasteiger partial charge in [-0.25, -0.2) is 0 Å². The summed E-state index contributed by atoms with van der Waals surface area (Å²) in [5, 5.41) is 3.42. The van der Waals surface area contributed by atoms with Crippen molar-refractivity contribution in [3.8, 4) is 0 Å². The van der Waals surface area contributed by atoms with Crippen LogP contribution in [0.4, 0.5) is 5.69 Å². The Hall–Kier alpha value is -0.760. The highest BCUT2D eigenvalue weighted by atomic mass is 79.9. The highest BCUT2D eigenvalue weighted by Gasteiger charge is 2.12. The quantitative estimate of drug-likeness (QED) is 0.727. The normalized spacial score (nSPS) is 20.2. The third-order valence-electron chi connectivity index (χ3n) is 2.29. The molecule has 0 aliphatic carbocycles. The fraction of sp³-hybridized carbons (Fsp3) is 0.273. The molecule has 1 atom stereocenters. The van der Waals surface area contributed by atoms with E-state index in [1.165, 1.54) is 16.8 Å². The van der Waals surface area contributed by atoms with Crippen LogP contribution in [-0.4, -0.2) is 6.04 Å². The molecule has 0 saturated carbocycles. The van der Waals surface area contributed by atoms with Gasteiger partial charge in [-0.3, -0.25) is 0 Å². The Bertz CT molecular complexity index is 368. The van der Waals surface area contributed by atoms with E-state index in [1.54, 1.807) is 0 Å². The zero-order valence-electron chi connectivity index (χ0n) is 7.76. The molecule has 68 valence electrons. The van der Waals surface area contributed by atoms with E-state index >= 15 is 0 Å². The Morgan fingerprint density at radius 3 is 2.92 bits per heavy atom. The summed E-state index contributed by atoms with van der Waals surface area (Å²) in [6.07, 6.45) is 2.24. The van der Waals surface area contributed by atoms with Crippen LogP contribution in [0.25, 0.3) is 5.57 Å². The van der Waals surface area contributed by atoms with E-state index in [0.717, 1.165) is 4.47 Å². The predicted octanol–water partition coefficient (Wildman–Crippen LogP) is 3.67. The van der Waals surface area contributed by atoms with Crippen LogP contribution in [0.3, 0.4) is 0 Å². The van der Waals surface area contributed by atoms with Gasteiger partial charge >= 0.3 is 0 Å². The molecule has 0 radical (unpaired) electrons. The van der Waals surface area contributed by atoms with Crippen LogP contribution in [-0.2, 0) is 0 Å². The van der Waals surface area contributed by atoms with E-state index in [4.69, 9.17) is 0 Å². The third-order valence-corrected chi connectivity index (χ3v) is 2.78. The van der Waals surface area contributed by atoms with Gasteiger partial charge in [0.15, 0.2) is 0 Å². The third kappa shape index (κ3) is 1.63. The van der Waals surface area contributed by atoms with Gasteiger partial charge in [0.25, 0.3) is 0 Å². The average molecular weight is 238 g/mol. The Kier molecular flexibility index (Phi) is 2.16. The molecule has 0 amide bonds. The smallest absolute Gasteiger partial charge is 0.0422 e. The van der Waals surface area contributed by atoms with E-state index in [0.29, 0.717) is 6.04 Å². The molecule has 1 N–H and O–H groups in total. The van der Waals surface area contributed by atoms with Crippen molar-refractivity contribution in [2.45, 2.75) is 19.9 Å². The van der Waals surface area contributed by atoms with Crippen LogP contribution in [0, 0.1) is 0 Å². The van der Waals surface area contributed by atoms with E-state index < -0.39 is 0 Å². The molecule has 1 aliphatic heterocycles. The van der Waals surface area contributed by atoms with E-state index in [-0.39, 0.29) is 0 Å². The minimum atomic E-state index is 0.439. The zero-order chi connectivity index (χ0) is 9.42. The summed E-state index contributed by atoms with van der Waals surface area (Å²) in [5.41, 5.74) is 3.88. The lowest BCUT2D eigenvalue weighted by molar-refractivity contribution is 0.984. The molecule has 1 aromatic carbocycles. The summed E-state index contributed by atoms with van der Waals surface area (Å²) in [6, 6.07) is 6.78. The first kappa shape index (κ1) is 8.82. The van der Waals surface area contributed by atoms with Gasteiger partial charge in [0.2, 0.25) is 0 Å². The standard InChI is InChI=1S/C11H12BrN/c1-7-5-8(2)13-11-4-3-9(12)6-10(7)11/h3-6,8,13H,1-2H3. The molecule has 1 unspecified atom stereocenters. The second kappa shape index (κ2) is 3.18. The van der Waals surface area contributed by atoms with Gasteiger partial charge in [0, 0.05) is 21.8 Å². The van der Waals surface area contributed by atoms with Crippen molar-refractivity contribution in [1.82, 2.24) is 0 Å². The van der Waals surface area contributed by atoms with Crippen LogP contribution < -0.4 is 5.32 Å². The van der Waals surface area contributed by atoms with Gasteiger partial charge in [-0.05, 0) is 37.6 Å². The molecule has 13 heavy (non-hydrogen) atoms. The number of hydrogen-bond acceptors (Lipinski definition) is 1. The molecule has 0 fully saturated rings. The van der Waals surface area contributed by atoms with Gasteiger partial charge in [0.1, 0.15) is 0 Å². The first-order valence-electron chi connectivity index (χ1n) is 4.42. The van der Waals surface area contributed by atoms with Crippen LogP contribution >= 0.6 is 15.9 Å². The molecule has 0 aromatic heterocycles.